The van der Waals surface area contributed by atoms with Crippen LogP contribution in [0.5, 0.6) is 0 Å². The summed E-state index contributed by atoms with van der Waals surface area (Å²) in [6.07, 6.45) is 1.64. The van der Waals surface area contributed by atoms with Crippen LogP contribution < -0.4 is 21.9 Å². The van der Waals surface area contributed by atoms with E-state index in [1.807, 2.05) is 0 Å². The van der Waals surface area contributed by atoms with Crippen LogP contribution in [0.1, 0.15) is 16.8 Å². The fraction of sp³-hybridized carbons (Fsp3) is 0.333. The number of aromatic nitrogens is 1. The van der Waals surface area contributed by atoms with Crippen LogP contribution in [0.25, 0.3) is 0 Å². The summed E-state index contributed by atoms with van der Waals surface area (Å²) in [5, 5.41) is 7.70. The highest BCUT2D eigenvalue weighted by Crippen LogP contribution is 2.13. The first-order valence-corrected chi connectivity index (χ1v) is 6.81. The maximum absolute atomic E-state index is 11.0. The Bertz CT molecular complexity index is 543. The number of hydrogen-bond donors (Lipinski definition) is 4. The van der Waals surface area contributed by atoms with Gasteiger partial charge in [0.2, 0.25) is 10.0 Å². The number of sulfonamides is 1. The van der Waals surface area contributed by atoms with E-state index in [4.69, 9.17) is 16.6 Å². The molecule has 1 aromatic heterocycles. The second-order valence-electron chi connectivity index (χ2n) is 3.67. The lowest BCUT2D eigenvalue weighted by molar-refractivity contribution is 0.100. The minimum atomic E-state index is -3.46. The number of primary amides is 1. The summed E-state index contributed by atoms with van der Waals surface area (Å²) in [7, 11) is -3.46. The van der Waals surface area contributed by atoms with Crippen molar-refractivity contribution < 1.29 is 13.2 Å². The van der Waals surface area contributed by atoms with E-state index in [1.54, 1.807) is 0 Å². The number of carbonyl (C=O) groups excluding carboxylic acids is 1. The first-order valence-electron chi connectivity index (χ1n) is 5.09. The minimum Gasteiger partial charge on any atom is -0.397 e. The molecule has 8 nitrogen and oxygen atoms in total. The number of nitrogens with one attached hydrogen (secondary N) is 1. The molecule has 0 aliphatic rings. The molecule has 1 amide bonds. The molecule has 1 rings (SSSR count). The zero-order chi connectivity index (χ0) is 13.8. The lowest BCUT2D eigenvalue weighted by atomic mass is 10.2. The van der Waals surface area contributed by atoms with Gasteiger partial charge in [0, 0.05) is 6.54 Å². The Labute approximate surface area is 105 Å². The molecule has 7 N–H and O–H groups in total. The van der Waals surface area contributed by atoms with Gasteiger partial charge in [-0.15, -0.1) is 0 Å². The molecule has 0 aliphatic heterocycles. The van der Waals surface area contributed by atoms with Crippen LogP contribution in [-0.4, -0.2) is 31.6 Å². The van der Waals surface area contributed by atoms with Crippen LogP contribution in [0.2, 0.25) is 0 Å². The third-order valence-corrected chi connectivity index (χ3v) is 2.97. The number of nitrogen functional groups attached to an aromatic ring is 1. The Hall–Kier alpha value is -1.87. The first kappa shape index (κ1) is 14.2. The van der Waals surface area contributed by atoms with Crippen LogP contribution >= 0.6 is 0 Å². The molecule has 0 aromatic carbocycles. The number of nitrogens with two attached hydrogens (primary N) is 3. The van der Waals surface area contributed by atoms with Crippen LogP contribution in [0.3, 0.4) is 0 Å². The van der Waals surface area contributed by atoms with Gasteiger partial charge in [0.15, 0.2) is 0 Å². The number of anilines is 2. The second kappa shape index (κ2) is 5.65. The van der Waals surface area contributed by atoms with E-state index in [1.165, 1.54) is 12.3 Å². The summed E-state index contributed by atoms with van der Waals surface area (Å²) < 4.78 is 21.4. The average Bonchev–Trinajstić information content (AvgIpc) is 2.24. The van der Waals surface area contributed by atoms with Gasteiger partial charge in [0.1, 0.15) is 5.82 Å². The van der Waals surface area contributed by atoms with E-state index >= 15 is 0 Å². The van der Waals surface area contributed by atoms with E-state index < -0.39 is 15.9 Å². The van der Waals surface area contributed by atoms with Gasteiger partial charge in [-0.2, -0.15) is 0 Å². The maximum Gasteiger partial charge on any atom is 0.250 e. The molecule has 1 aromatic rings. The Kier molecular flexibility index (Phi) is 4.45. The van der Waals surface area contributed by atoms with E-state index in [0.29, 0.717) is 18.8 Å². The molecule has 0 unspecified atom stereocenters. The number of carbonyl (C=O) groups is 1. The molecule has 0 spiro atoms. The van der Waals surface area contributed by atoms with Crippen LogP contribution in [0.4, 0.5) is 11.5 Å². The van der Waals surface area contributed by atoms with Crippen LogP contribution in [-0.2, 0) is 10.0 Å². The average molecular weight is 273 g/mol. The number of amides is 1. The highest BCUT2D eigenvalue weighted by atomic mass is 32.2. The molecule has 0 fully saturated rings. The molecule has 1 heterocycles. The number of rotatable bonds is 6. The van der Waals surface area contributed by atoms with Crippen molar-refractivity contribution in [3.8, 4) is 0 Å². The molecule has 0 saturated carbocycles. The largest absolute Gasteiger partial charge is 0.397 e. The van der Waals surface area contributed by atoms with E-state index in [9.17, 15) is 13.2 Å². The highest BCUT2D eigenvalue weighted by Gasteiger charge is 2.08. The predicted octanol–water partition coefficient (Wildman–Crippen LogP) is -1.15. The molecule has 0 saturated heterocycles. The van der Waals surface area contributed by atoms with Crippen molar-refractivity contribution in [1.82, 2.24) is 4.98 Å². The zero-order valence-electron chi connectivity index (χ0n) is 9.59. The number of hydrogen-bond acceptors (Lipinski definition) is 6. The zero-order valence-corrected chi connectivity index (χ0v) is 10.4. The van der Waals surface area contributed by atoms with Crippen molar-refractivity contribution in [3.05, 3.63) is 17.8 Å². The molecule has 0 atom stereocenters. The first-order chi connectivity index (χ1) is 8.29. The minimum absolute atomic E-state index is 0.127. The van der Waals surface area contributed by atoms with E-state index in [2.05, 4.69) is 10.3 Å². The quantitative estimate of drug-likeness (QED) is 0.480. The maximum atomic E-state index is 11.0. The van der Waals surface area contributed by atoms with Crippen LogP contribution in [0, 0.1) is 0 Å². The topological polar surface area (TPSA) is 154 Å². The summed E-state index contributed by atoms with van der Waals surface area (Å²) in [6, 6.07) is 1.41. The summed E-state index contributed by atoms with van der Waals surface area (Å²) in [6.45, 7) is 0.353. The summed E-state index contributed by atoms with van der Waals surface area (Å²) in [5.74, 6) is -0.382. The fourth-order valence-electron chi connectivity index (χ4n) is 1.27. The number of pyridine rings is 1. The van der Waals surface area contributed by atoms with E-state index in [0.717, 1.165) is 0 Å². The lowest BCUT2D eigenvalue weighted by Crippen LogP contribution is -2.19. The van der Waals surface area contributed by atoms with Gasteiger partial charge in [0.05, 0.1) is 23.2 Å². The third-order valence-electron chi connectivity index (χ3n) is 2.11. The van der Waals surface area contributed by atoms with Gasteiger partial charge in [0.25, 0.3) is 5.91 Å². The molecule has 18 heavy (non-hydrogen) atoms. The molecular formula is C9H15N5O3S. The molecule has 9 heteroatoms. The van der Waals surface area contributed by atoms with Gasteiger partial charge in [-0.25, -0.2) is 18.5 Å². The van der Waals surface area contributed by atoms with Gasteiger partial charge < -0.3 is 16.8 Å². The second-order valence-corrected chi connectivity index (χ2v) is 5.40. The van der Waals surface area contributed by atoms with Crippen LogP contribution in [0.15, 0.2) is 12.3 Å². The van der Waals surface area contributed by atoms with Crippen molar-refractivity contribution in [3.63, 3.8) is 0 Å². The Morgan fingerprint density at radius 2 is 2.11 bits per heavy atom. The van der Waals surface area contributed by atoms with Gasteiger partial charge in [-0.05, 0) is 12.5 Å². The summed E-state index contributed by atoms with van der Waals surface area (Å²) in [5.41, 5.74) is 11.0. The number of nitrogens with zero attached hydrogens (tertiary/aromatic N) is 1. The Morgan fingerprint density at radius 1 is 1.44 bits per heavy atom. The monoisotopic (exact) mass is 273 g/mol. The van der Waals surface area contributed by atoms with E-state index in [-0.39, 0.29) is 17.0 Å². The normalized spacial score (nSPS) is 11.2. The Balaban J connectivity index is 2.58. The smallest absolute Gasteiger partial charge is 0.250 e. The van der Waals surface area contributed by atoms with Crippen molar-refractivity contribution in [2.45, 2.75) is 6.42 Å². The fourth-order valence-corrected chi connectivity index (χ4v) is 1.81. The lowest BCUT2D eigenvalue weighted by Gasteiger charge is -2.07. The number of primary sulfonamides is 1. The molecule has 0 aliphatic carbocycles. The van der Waals surface area contributed by atoms with Crippen molar-refractivity contribution in [1.29, 1.82) is 0 Å². The molecule has 100 valence electrons. The van der Waals surface area contributed by atoms with Crippen molar-refractivity contribution >= 4 is 27.4 Å². The standard InChI is InChI=1S/C9H15N5O3S/c10-7-5-14-8(4-6(7)9(11)15)13-2-1-3-18(12,16)17/h4-5H,1-3,10H2,(H2,11,15)(H,13,14)(H2,12,16,17). The summed E-state index contributed by atoms with van der Waals surface area (Å²) >= 11 is 0. The SMILES string of the molecule is NC(=O)c1cc(NCCCS(N)(=O)=O)ncc1N. The highest BCUT2D eigenvalue weighted by molar-refractivity contribution is 7.89. The predicted molar refractivity (Wildman–Crippen MR) is 68.2 cm³/mol. The van der Waals surface area contributed by atoms with Crippen molar-refractivity contribution in [2.75, 3.05) is 23.3 Å². The molecule has 0 radical (unpaired) electrons. The van der Waals surface area contributed by atoms with Gasteiger partial charge in [-0.3, -0.25) is 4.79 Å². The Morgan fingerprint density at radius 3 is 2.67 bits per heavy atom. The third kappa shape index (κ3) is 4.55. The van der Waals surface area contributed by atoms with Gasteiger partial charge >= 0.3 is 0 Å². The summed E-state index contributed by atoms with van der Waals surface area (Å²) in [4.78, 5) is 15.0. The van der Waals surface area contributed by atoms with Gasteiger partial charge in [-0.1, -0.05) is 0 Å². The molecule has 0 bridgehead atoms. The molecular weight excluding hydrogens is 258 g/mol. The van der Waals surface area contributed by atoms with Crippen molar-refractivity contribution in [2.24, 2.45) is 10.9 Å².